The fourth-order valence-corrected chi connectivity index (χ4v) is 4.63. The van der Waals surface area contributed by atoms with E-state index in [9.17, 15) is 0 Å². The minimum atomic E-state index is 0.294. The van der Waals surface area contributed by atoms with Crippen molar-refractivity contribution in [3.63, 3.8) is 0 Å². The molecule has 0 saturated heterocycles. The zero-order chi connectivity index (χ0) is 13.9. The molecule has 0 saturated carbocycles. The van der Waals surface area contributed by atoms with Gasteiger partial charge in [-0.3, -0.25) is 0 Å². The molecule has 2 heterocycles. The second kappa shape index (κ2) is 6.56. The predicted octanol–water partition coefficient (Wildman–Crippen LogP) is 4.44. The summed E-state index contributed by atoms with van der Waals surface area (Å²) in [6, 6.07) is 0.294. The van der Waals surface area contributed by atoms with Crippen molar-refractivity contribution in [2.75, 3.05) is 12.7 Å². The highest BCUT2D eigenvalue weighted by Gasteiger charge is 2.24. The van der Waals surface area contributed by atoms with Crippen molar-refractivity contribution in [3.05, 3.63) is 21.9 Å². The van der Waals surface area contributed by atoms with E-state index in [1.807, 2.05) is 0 Å². The van der Waals surface area contributed by atoms with Gasteiger partial charge in [0.1, 0.15) is 22.4 Å². The number of aryl methyl sites for hydroxylation is 1. The van der Waals surface area contributed by atoms with Crippen LogP contribution >= 0.6 is 34.5 Å². The zero-order valence-electron chi connectivity index (χ0n) is 11.1. The van der Waals surface area contributed by atoms with Crippen molar-refractivity contribution in [1.82, 2.24) is 9.97 Å². The molecule has 0 aromatic carbocycles. The van der Waals surface area contributed by atoms with E-state index in [-0.39, 0.29) is 0 Å². The average molecular weight is 331 g/mol. The topological polar surface area (TPSA) is 35.0 Å². The van der Waals surface area contributed by atoms with Crippen LogP contribution in [0.5, 0.6) is 0 Å². The second-order valence-corrected chi connectivity index (χ2v) is 6.78. The van der Waals surface area contributed by atoms with E-state index >= 15 is 0 Å². The van der Waals surface area contributed by atoms with Crippen LogP contribution < -0.4 is 0 Å². The summed E-state index contributed by atoms with van der Waals surface area (Å²) in [5.74, 6) is 0.737. The molecule has 108 valence electrons. The number of halogens is 2. The molecule has 0 fully saturated rings. The molecule has 0 radical (unpaired) electrons. The molecule has 0 spiro atoms. The van der Waals surface area contributed by atoms with Gasteiger partial charge in [-0.25, -0.2) is 9.97 Å². The van der Waals surface area contributed by atoms with Crippen LogP contribution in [0.3, 0.4) is 0 Å². The smallest absolute Gasteiger partial charge is 0.141 e. The number of fused-ring (bicyclic) bond motifs is 3. The largest absolute Gasteiger partial charge is 0.366 e. The van der Waals surface area contributed by atoms with Gasteiger partial charge in [-0.15, -0.1) is 11.3 Å². The van der Waals surface area contributed by atoms with Crippen LogP contribution in [0.25, 0.3) is 10.2 Å². The van der Waals surface area contributed by atoms with Gasteiger partial charge in [0, 0.05) is 11.5 Å². The number of rotatable bonds is 5. The molecule has 1 atom stereocenters. The molecule has 20 heavy (non-hydrogen) atoms. The lowest BCUT2D eigenvalue weighted by Gasteiger charge is -2.22. The molecule has 1 aliphatic carbocycles. The summed E-state index contributed by atoms with van der Waals surface area (Å²) in [6.45, 7) is 0.760. The molecule has 0 amide bonds. The maximum absolute atomic E-state index is 6.22. The first-order valence-corrected chi connectivity index (χ1v) is 8.57. The first-order valence-electron chi connectivity index (χ1n) is 6.84. The van der Waals surface area contributed by atoms with Gasteiger partial charge in [-0.1, -0.05) is 23.2 Å². The van der Waals surface area contributed by atoms with Gasteiger partial charge in [0.25, 0.3) is 0 Å². The summed E-state index contributed by atoms with van der Waals surface area (Å²) < 4.78 is 5.19. The number of ether oxygens (including phenoxy) is 1. The Hall–Kier alpha value is -0.420. The van der Waals surface area contributed by atoms with Crippen molar-refractivity contribution >= 4 is 44.8 Å². The van der Waals surface area contributed by atoms with E-state index < -0.39 is 0 Å². The summed E-state index contributed by atoms with van der Waals surface area (Å²) >= 11 is 13.5. The molecule has 2 aromatic heterocycles. The Kier molecular flexibility index (Phi) is 4.76. The second-order valence-electron chi connectivity index (χ2n) is 5.12. The summed E-state index contributed by atoms with van der Waals surface area (Å²) in [5.41, 5.74) is 1.38. The van der Waals surface area contributed by atoms with Gasteiger partial charge in [0.05, 0.1) is 5.39 Å². The van der Waals surface area contributed by atoms with Crippen LogP contribution in [0.1, 0.15) is 29.7 Å². The van der Waals surface area contributed by atoms with Crippen molar-refractivity contribution < 1.29 is 4.74 Å². The molecule has 2 aromatic rings. The Morgan fingerprint density at radius 1 is 1.40 bits per heavy atom. The van der Waals surface area contributed by atoms with E-state index in [0.717, 1.165) is 42.0 Å². The number of hydrogen-bond acceptors (Lipinski definition) is 4. The third-order valence-electron chi connectivity index (χ3n) is 3.88. The van der Waals surface area contributed by atoms with Gasteiger partial charge < -0.3 is 4.74 Å². The maximum atomic E-state index is 6.22. The van der Waals surface area contributed by atoms with Crippen molar-refractivity contribution in [2.45, 2.75) is 32.1 Å². The Balaban J connectivity index is 1.72. The molecule has 1 unspecified atom stereocenters. The summed E-state index contributed by atoms with van der Waals surface area (Å²) in [6.07, 6.45) is 7.26. The predicted molar refractivity (Wildman–Crippen MR) is 83.8 cm³/mol. The monoisotopic (exact) mass is 330 g/mol. The van der Waals surface area contributed by atoms with Crippen LogP contribution in [-0.2, 0) is 17.6 Å². The first-order chi connectivity index (χ1) is 9.79. The fourth-order valence-electron chi connectivity index (χ4n) is 2.92. The highest BCUT2D eigenvalue weighted by atomic mass is 35.5. The lowest BCUT2D eigenvalue weighted by atomic mass is 9.85. The van der Waals surface area contributed by atoms with Crippen LogP contribution in [-0.4, -0.2) is 22.6 Å². The third kappa shape index (κ3) is 2.93. The molecule has 6 heteroatoms. The number of hydrogen-bond donors (Lipinski definition) is 0. The molecule has 3 rings (SSSR count). The highest BCUT2D eigenvalue weighted by molar-refractivity contribution is 7.19. The Morgan fingerprint density at radius 2 is 2.30 bits per heavy atom. The van der Waals surface area contributed by atoms with Crippen LogP contribution in [0.15, 0.2) is 6.33 Å². The highest BCUT2D eigenvalue weighted by Crippen LogP contribution is 2.40. The van der Waals surface area contributed by atoms with E-state index in [1.54, 1.807) is 17.7 Å². The Bertz CT molecular complexity index is 602. The lowest BCUT2D eigenvalue weighted by Crippen LogP contribution is -2.13. The van der Waals surface area contributed by atoms with E-state index in [0.29, 0.717) is 11.2 Å². The maximum Gasteiger partial charge on any atom is 0.141 e. The molecule has 0 aliphatic heterocycles. The van der Waals surface area contributed by atoms with Crippen LogP contribution in [0.4, 0.5) is 0 Å². The Labute approximate surface area is 132 Å². The quantitative estimate of drug-likeness (QED) is 0.461. The van der Waals surface area contributed by atoms with Crippen molar-refractivity contribution in [3.8, 4) is 0 Å². The third-order valence-corrected chi connectivity index (χ3v) is 5.48. The first kappa shape index (κ1) is 14.5. The average Bonchev–Trinajstić information content (AvgIpc) is 2.82. The van der Waals surface area contributed by atoms with Crippen molar-refractivity contribution in [2.24, 2.45) is 5.92 Å². The molecule has 0 bridgehead atoms. The molecular weight excluding hydrogens is 315 g/mol. The van der Waals surface area contributed by atoms with Crippen LogP contribution in [0.2, 0.25) is 5.15 Å². The molecule has 1 aliphatic rings. The summed E-state index contributed by atoms with van der Waals surface area (Å²) in [7, 11) is 0. The Morgan fingerprint density at radius 3 is 3.15 bits per heavy atom. The van der Waals surface area contributed by atoms with E-state index in [2.05, 4.69) is 9.97 Å². The lowest BCUT2D eigenvalue weighted by molar-refractivity contribution is 0.167. The normalized spacial score (nSPS) is 18.4. The number of alkyl halides is 1. The standard InChI is InChI=1S/C14H16Cl2N2OS/c15-7-19-5-1-2-9-3-4-10-11(6-9)20-14-12(10)13(16)17-8-18-14/h8-9H,1-7H2. The zero-order valence-corrected chi connectivity index (χ0v) is 13.4. The fraction of sp³-hybridized carbons (Fsp3) is 0.571. The minimum absolute atomic E-state index is 0.294. The van der Waals surface area contributed by atoms with Gasteiger partial charge >= 0.3 is 0 Å². The summed E-state index contributed by atoms with van der Waals surface area (Å²) in [4.78, 5) is 10.9. The van der Waals surface area contributed by atoms with Crippen molar-refractivity contribution in [1.29, 1.82) is 0 Å². The van der Waals surface area contributed by atoms with Gasteiger partial charge in [-0.05, 0) is 43.6 Å². The van der Waals surface area contributed by atoms with Gasteiger partial charge in [0.2, 0.25) is 0 Å². The molecule has 3 nitrogen and oxygen atoms in total. The van der Waals surface area contributed by atoms with E-state index in [4.69, 9.17) is 27.9 Å². The molecular formula is C14H16Cl2N2OS. The number of nitrogens with zero attached hydrogens (tertiary/aromatic N) is 2. The van der Waals surface area contributed by atoms with Gasteiger partial charge in [0.15, 0.2) is 0 Å². The number of thiophene rings is 1. The van der Waals surface area contributed by atoms with Crippen LogP contribution in [0, 0.1) is 5.92 Å². The van der Waals surface area contributed by atoms with E-state index in [1.165, 1.54) is 23.3 Å². The number of aromatic nitrogens is 2. The minimum Gasteiger partial charge on any atom is -0.366 e. The SMILES string of the molecule is ClCOCCCC1CCc2c(sc3ncnc(Cl)c23)C1. The van der Waals surface area contributed by atoms with Gasteiger partial charge in [-0.2, -0.15) is 0 Å². The molecule has 0 N–H and O–H groups in total. The summed E-state index contributed by atoms with van der Waals surface area (Å²) in [5, 5.41) is 1.68.